The number of nitriles is 1. The van der Waals surface area contributed by atoms with E-state index in [1.54, 1.807) is 0 Å². The van der Waals surface area contributed by atoms with Crippen LogP contribution in [-0.4, -0.2) is 17.5 Å². The third-order valence-electron chi connectivity index (χ3n) is 4.33. The first-order chi connectivity index (χ1) is 8.72. The molecular weight excluding hydrogens is 226 g/mol. The van der Waals surface area contributed by atoms with Crippen molar-refractivity contribution in [3.05, 3.63) is 35.4 Å². The lowest BCUT2D eigenvalue weighted by Crippen LogP contribution is -2.55. The summed E-state index contributed by atoms with van der Waals surface area (Å²) < 4.78 is 5.63. The molecule has 1 saturated heterocycles. The molecule has 0 aromatic heterocycles. The zero-order chi connectivity index (χ0) is 12.6. The van der Waals surface area contributed by atoms with Crippen molar-refractivity contribution in [2.45, 2.75) is 43.3 Å². The maximum Gasteiger partial charge on any atom is 0.188 e. The van der Waals surface area contributed by atoms with E-state index in [0.717, 1.165) is 24.8 Å². The van der Waals surface area contributed by atoms with Crippen molar-refractivity contribution in [2.75, 3.05) is 6.61 Å². The highest BCUT2D eigenvalue weighted by Crippen LogP contribution is 2.48. The van der Waals surface area contributed by atoms with Crippen molar-refractivity contribution in [3.63, 3.8) is 0 Å². The second kappa shape index (κ2) is 4.08. The highest BCUT2D eigenvalue weighted by molar-refractivity contribution is 5.43. The lowest BCUT2D eigenvalue weighted by molar-refractivity contribution is -0.259. The summed E-state index contributed by atoms with van der Waals surface area (Å²) in [4.78, 5) is 0. The molecule has 1 aromatic rings. The van der Waals surface area contributed by atoms with Crippen molar-refractivity contribution >= 4 is 0 Å². The van der Waals surface area contributed by atoms with Crippen LogP contribution in [0, 0.1) is 11.3 Å². The van der Waals surface area contributed by atoms with Crippen LogP contribution in [0.15, 0.2) is 24.3 Å². The fourth-order valence-electron chi connectivity index (χ4n) is 3.40. The number of benzene rings is 1. The van der Waals surface area contributed by atoms with Crippen molar-refractivity contribution in [3.8, 4) is 6.07 Å². The molecule has 1 fully saturated rings. The SMILES string of the molecule is N#CC12CCCOC1(O)CCCc1ccccc12. The highest BCUT2D eigenvalue weighted by Gasteiger charge is 2.56. The lowest BCUT2D eigenvalue weighted by atomic mass is 9.68. The molecule has 1 N–H and O–H groups in total. The topological polar surface area (TPSA) is 53.2 Å². The average Bonchev–Trinajstić information content (AvgIpc) is 2.53. The maximum absolute atomic E-state index is 10.8. The number of ether oxygens (including phenoxy) is 1. The van der Waals surface area contributed by atoms with Crippen LogP contribution in [0.1, 0.15) is 36.8 Å². The van der Waals surface area contributed by atoms with Crippen LogP contribution in [0.3, 0.4) is 0 Å². The first-order valence-electron chi connectivity index (χ1n) is 6.58. The van der Waals surface area contributed by atoms with Crippen LogP contribution in [0.2, 0.25) is 0 Å². The lowest BCUT2D eigenvalue weighted by Gasteiger charge is -2.45. The molecule has 1 aliphatic carbocycles. The summed E-state index contributed by atoms with van der Waals surface area (Å²) >= 11 is 0. The van der Waals surface area contributed by atoms with E-state index in [9.17, 15) is 10.4 Å². The zero-order valence-corrected chi connectivity index (χ0v) is 10.4. The van der Waals surface area contributed by atoms with E-state index < -0.39 is 11.2 Å². The van der Waals surface area contributed by atoms with Gasteiger partial charge in [-0.1, -0.05) is 24.3 Å². The van der Waals surface area contributed by atoms with Crippen molar-refractivity contribution in [1.29, 1.82) is 5.26 Å². The molecule has 18 heavy (non-hydrogen) atoms. The Labute approximate surface area is 107 Å². The van der Waals surface area contributed by atoms with E-state index in [-0.39, 0.29) is 0 Å². The number of rotatable bonds is 0. The fourth-order valence-corrected chi connectivity index (χ4v) is 3.40. The minimum atomic E-state index is -1.31. The number of hydrogen-bond acceptors (Lipinski definition) is 3. The van der Waals surface area contributed by atoms with Crippen molar-refractivity contribution < 1.29 is 9.84 Å². The molecule has 3 rings (SSSR count). The van der Waals surface area contributed by atoms with Gasteiger partial charge in [-0.3, -0.25) is 0 Å². The molecule has 0 spiro atoms. The van der Waals surface area contributed by atoms with E-state index in [2.05, 4.69) is 12.1 Å². The Balaban J connectivity index is 2.23. The van der Waals surface area contributed by atoms with E-state index >= 15 is 0 Å². The fraction of sp³-hybridized carbons (Fsp3) is 0.533. The number of nitrogens with zero attached hydrogens (tertiary/aromatic N) is 1. The Kier molecular flexibility index (Phi) is 2.65. The van der Waals surface area contributed by atoms with Gasteiger partial charge in [-0.15, -0.1) is 0 Å². The van der Waals surface area contributed by atoms with Crippen LogP contribution in [0.25, 0.3) is 0 Å². The van der Waals surface area contributed by atoms with Gasteiger partial charge in [0.15, 0.2) is 5.79 Å². The van der Waals surface area contributed by atoms with Gasteiger partial charge in [0.1, 0.15) is 5.41 Å². The summed E-state index contributed by atoms with van der Waals surface area (Å²) in [5.41, 5.74) is 1.26. The summed E-state index contributed by atoms with van der Waals surface area (Å²) in [6.45, 7) is 0.544. The standard InChI is InChI=1S/C15H17NO2/c16-11-14-8-4-10-18-15(14,17)9-3-6-12-5-1-2-7-13(12)14/h1-2,5,7,17H,3-4,6,8-10H2. The summed E-state index contributed by atoms with van der Waals surface area (Å²) in [5.74, 6) is -1.31. The van der Waals surface area contributed by atoms with Crippen molar-refractivity contribution in [2.24, 2.45) is 0 Å². The van der Waals surface area contributed by atoms with Crippen molar-refractivity contribution in [1.82, 2.24) is 0 Å². The second-order valence-electron chi connectivity index (χ2n) is 5.26. The van der Waals surface area contributed by atoms with E-state index in [0.29, 0.717) is 19.4 Å². The normalized spacial score (nSPS) is 34.9. The molecule has 94 valence electrons. The Hall–Kier alpha value is -1.37. The van der Waals surface area contributed by atoms with Gasteiger partial charge in [0, 0.05) is 6.42 Å². The predicted molar refractivity (Wildman–Crippen MR) is 66.8 cm³/mol. The Morgan fingerprint density at radius 3 is 2.89 bits per heavy atom. The number of aryl methyl sites for hydroxylation is 1. The Morgan fingerprint density at radius 1 is 1.22 bits per heavy atom. The van der Waals surface area contributed by atoms with Crippen LogP contribution in [0.5, 0.6) is 0 Å². The average molecular weight is 243 g/mol. The van der Waals surface area contributed by atoms with E-state index in [4.69, 9.17) is 4.74 Å². The maximum atomic E-state index is 10.8. The second-order valence-corrected chi connectivity index (χ2v) is 5.26. The van der Waals surface area contributed by atoms with Gasteiger partial charge in [-0.2, -0.15) is 5.26 Å². The van der Waals surface area contributed by atoms with Crippen LogP contribution in [0.4, 0.5) is 0 Å². The largest absolute Gasteiger partial charge is 0.364 e. The van der Waals surface area contributed by atoms with Crippen LogP contribution < -0.4 is 0 Å². The molecule has 3 nitrogen and oxygen atoms in total. The molecular formula is C15H17NO2. The van der Waals surface area contributed by atoms with Gasteiger partial charge in [0.25, 0.3) is 0 Å². The first kappa shape index (κ1) is 11.7. The Morgan fingerprint density at radius 2 is 2.06 bits per heavy atom. The molecule has 0 radical (unpaired) electrons. The van der Waals surface area contributed by atoms with Gasteiger partial charge < -0.3 is 9.84 Å². The molecule has 2 atom stereocenters. The highest BCUT2D eigenvalue weighted by atomic mass is 16.6. The summed E-state index contributed by atoms with van der Waals surface area (Å²) in [6.07, 6.45) is 3.80. The molecule has 1 heterocycles. The van der Waals surface area contributed by atoms with Gasteiger partial charge in [0.05, 0.1) is 12.7 Å². The van der Waals surface area contributed by atoms with E-state index in [1.807, 2.05) is 18.2 Å². The number of aliphatic hydroxyl groups is 1. The number of hydrogen-bond donors (Lipinski definition) is 1. The van der Waals surface area contributed by atoms with Gasteiger partial charge in [-0.05, 0) is 36.8 Å². The molecule has 2 unspecified atom stereocenters. The molecule has 0 amide bonds. The molecule has 0 bridgehead atoms. The summed E-state index contributed by atoms with van der Waals surface area (Å²) in [6, 6.07) is 10.4. The third-order valence-corrected chi connectivity index (χ3v) is 4.33. The number of fused-ring (bicyclic) bond motifs is 3. The summed E-state index contributed by atoms with van der Waals surface area (Å²) in [7, 11) is 0. The van der Waals surface area contributed by atoms with Crippen LogP contribution in [-0.2, 0) is 16.6 Å². The monoisotopic (exact) mass is 243 g/mol. The van der Waals surface area contributed by atoms with Gasteiger partial charge >= 0.3 is 0 Å². The zero-order valence-electron chi connectivity index (χ0n) is 10.4. The quantitative estimate of drug-likeness (QED) is 0.760. The smallest absolute Gasteiger partial charge is 0.188 e. The molecule has 2 aliphatic rings. The minimum absolute atomic E-state index is 0.537. The van der Waals surface area contributed by atoms with Gasteiger partial charge in [-0.25, -0.2) is 0 Å². The van der Waals surface area contributed by atoms with Crippen LogP contribution >= 0.6 is 0 Å². The molecule has 3 heteroatoms. The summed E-state index contributed by atoms with van der Waals surface area (Å²) in [5, 5.41) is 20.5. The first-order valence-corrected chi connectivity index (χ1v) is 6.58. The molecule has 1 aliphatic heterocycles. The predicted octanol–water partition coefficient (Wildman–Crippen LogP) is 2.28. The Bertz CT molecular complexity index is 507. The third kappa shape index (κ3) is 1.43. The molecule has 0 saturated carbocycles. The minimum Gasteiger partial charge on any atom is -0.364 e. The molecule has 1 aromatic carbocycles. The van der Waals surface area contributed by atoms with E-state index in [1.165, 1.54) is 5.56 Å². The van der Waals surface area contributed by atoms with Gasteiger partial charge in [0.2, 0.25) is 0 Å².